The second kappa shape index (κ2) is 11.5. The van der Waals surface area contributed by atoms with Gasteiger partial charge in [-0.15, -0.1) is 0 Å². The second-order valence-corrected chi connectivity index (χ2v) is 8.24. The zero-order valence-electron chi connectivity index (χ0n) is 18.5. The van der Waals surface area contributed by atoms with Crippen LogP contribution in [0.3, 0.4) is 0 Å². The molecule has 2 amide bonds. The lowest BCUT2D eigenvalue weighted by atomic mass is 9.88. The summed E-state index contributed by atoms with van der Waals surface area (Å²) in [6.45, 7) is 4.47. The van der Waals surface area contributed by atoms with E-state index in [1.54, 1.807) is 17.9 Å². The van der Waals surface area contributed by atoms with Gasteiger partial charge in [0.25, 0.3) is 0 Å². The molecule has 1 atom stereocenters. The van der Waals surface area contributed by atoms with Gasteiger partial charge >= 0.3 is 0 Å². The number of amides is 2. The van der Waals surface area contributed by atoms with Crippen molar-refractivity contribution in [2.45, 2.75) is 38.8 Å². The molecule has 0 aliphatic heterocycles. The van der Waals surface area contributed by atoms with E-state index in [9.17, 15) is 9.59 Å². The number of carbonyl (C=O) groups excluding carboxylic acids is 2. The normalized spacial score (nSPS) is 11.8. The molecular formula is C27H29ClN2O2. The lowest BCUT2D eigenvalue weighted by molar-refractivity contribution is -0.140. The van der Waals surface area contributed by atoms with Crippen molar-refractivity contribution in [1.82, 2.24) is 10.2 Å². The van der Waals surface area contributed by atoms with Crippen LogP contribution >= 0.6 is 11.6 Å². The Morgan fingerprint density at radius 3 is 2.03 bits per heavy atom. The summed E-state index contributed by atoms with van der Waals surface area (Å²) in [6, 6.07) is 26.8. The Balaban J connectivity index is 1.91. The number of nitrogens with one attached hydrogen (secondary N) is 1. The van der Waals surface area contributed by atoms with Gasteiger partial charge in [-0.3, -0.25) is 9.59 Å². The minimum atomic E-state index is -0.603. The van der Waals surface area contributed by atoms with Crippen molar-refractivity contribution in [3.63, 3.8) is 0 Å². The Morgan fingerprint density at radius 1 is 0.906 bits per heavy atom. The number of nitrogens with zero attached hydrogens (tertiary/aromatic N) is 1. The lowest BCUT2D eigenvalue weighted by Gasteiger charge is -2.30. The number of benzene rings is 3. The van der Waals surface area contributed by atoms with E-state index in [2.05, 4.69) is 5.32 Å². The van der Waals surface area contributed by atoms with Crippen LogP contribution < -0.4 is 5.32 Å². The zero-order valence-corrected chi connectivity index (χ0v) is 19.3. The molecule has 0 saturated carbocycles. The highest BCUT2D eigenvalue weighted by atomic mass is 35.5. The Labute approximate surface area is 195 Å². The van der Waals surface area contributed by atoms with E-state index in [0.29, 0.717) is 18.1 Å². The first-order valence-corrected chi connectivity index (χ1v) is 11.3. The smallest absolute Gasteiger partial charge is 0.242 e. The fourth-order valence-electron chi connectivity index (χ4n) is 3.83. The van der Waals surface area contributed by atoms with Gasteiger partial charge in [0, 0.05) is 30.5 Å². The van der Waals surface area contributed by atoms with E-state index in [1.165, 1.54) is 0 Å². The number of rotatable bonds is 9. The Morgan fingerprint density at radius 2 is 1.50 bits per heavy atom. The van der Waals surface area contributed by atoms with Crippen molar-refractivity contribution in [3.8, 4) is 0 Å². The molecule has 32 heavy (non-hydrogen) atoms. The van der Waals surface area contributed by atoms with Crippen molar-refractivity contribution in [3.05, 3.63) is 107 Å². The monoisotopic (exact) mass is 448 g/mol. The fourth-order valence-corrected chi connectivity index (χ4v) is 4.04. The summed E-state index contributed by atoms with van der Waals surface area (Å²) < 4.78 is 0. The van der Waals surface area contributed by atoms with E-state index in [0.717, 1.165) is 16.7 Å². The maximum Gasteiger partial charge on any atom is 0.242 e. The van der Waals surface area contributed by atoms with Crippen molar-refractivity contribution in [2.75, 3.05) is 6.54 Å². The highest BCUT2D eigenvalue weighted by Gasteiger charge is 2.28. The van der Waals surface area contributed by atoms with E-state index >= 15 is 0 Å². The molecule has 3 aromatic carbocycles. The average Bonchev–Trinajstić information content (AvgIpc) is 2.81. The van der Waals surface area contributed by atoms with E-state index < -0.39 is 6.04 Å². The molecule has 0 fully saturated rings. The third-order valence-corrected chi connectivity index (χ3v) is 5.78. The number of carbonyl (C=O) groups is 2. The van der Waals surface area contributed by atoms with Crippen molar-refractivity contribution in [1.29, 1.82) is 0 Å². The molecule has 0 aliphatic carbocycles. The predicted octanol–water partition coefficient (Wildman–Crippen LogP) is 5.42. The summed E-state index contributed by atoms with van der Waals surface area (Å²) in [5.74, 6) is -0.353. The minimum Gasteiger partial charge on any atom is -0.355 e. The van der Waals surface area contributed by atoms with Gasteiger partial charge in [-0.05, 0) is 42.7 Å². The first-order valence-electron chi connectivity index (χ1n) is 10.9. The summed E-state index contributed by atoms with van der Waals surface area (Å²) in [7, 11) is 0. The second-order valence-electron chi connectivity index (χ2n) is 7.80. The van der Waals surface area contributed by atoms with Gasteiger partial charge in [-0.25, -0.2) is 0 Å². The van der Waals surface area contributed by atoms with Crippen LogP contribution in [-0.4, -0.2) is 29.3 Å². The van der Waals surface area contributed by atoms with Crippen LogP contribution in [0.15, 0.2) is 84.9 Å². The molecule has 0 radical (unpaired) electrons. The molecule has 4 nitrogen and oxygen atoms in total. The van der Waals surface area contributed by atoms with Crippen LogP contribution in [0.1, 0.15) is 42.9 Å². The predicted molar refractivity (Wildman–Crippen MR) is 129 cm³/mol. The maximum atomic E-state index is 13.7. The molecule has 166 valence electrons. The third-order valence-electron chi connectivity index (χ3n) is 5.54. The van der Waals surface area contributed by atoms with Gasteiger partial charge in [0.2, 0.25) is 11.8 Å². The van der Waals surface area contributed by atoms with Crippen LogP contribution in [0.4, 0.5) is 0 Å². The average molecular weight is 449 g/mol. The number of halogens is 1. The number of likely N-dealkylation sites (N-methyl/N-ethyl adjacent to an activating group) is 1. The summed E-state index contributed by atoms with van der Waals surface area (Å²) in [6.07, 6.45) is 0.262. The van der Waals surface area contributed by atoms with Crippen LogP contribution in [0.2, 0.25) is 5.02 Å². The third kappa shape index (κ3) is 6.21. The van der Waals surface area contributed by atoms with Gasteiger partial charge in [0.05, 0.1) is 0 Å². The Kier molecular flexibility index (Phi) is 8.46. The molecule has 3 aromatic rings. The van der Waals surface area contributed by atoms with Crippen LogP contribution in [-0.2, 0) is 16.1 Å². The molecule has 0 aliphatic rings. The highest BCUT2D eigenvalue weighted by molar-refractivity contribution is 6.30. The molecule has 5 heteroatoms. The topological polar surface area (TPSA) is 49.4 Å². The first-order chi connectivity index (χ1) is 15.5. The molecule has 0 saturated heterocycles. The standard InChI is InChI=1S/C27H29ClN2O2/c1-3-29-27(32)20(2)30(19-21-11-10-16-24(28)17-21)26(31)18-25(22-12-6-4-7-13-22)23-14-8-5-9-15-23/h4-17,20,25H,3,18-19H2,1-2H3,(H,29,32)/t20-/m0/s1. The first kappa shape index (κ1) is 23.6. The van der Waals surface area contributed by atoms with Gasteiger partial charge < -0.3 is 10.2 Å². The molecule has 1 N–H and O–H groups in total. The molecule has 0 aromatic heterocycles. The van der Waals surface area contributed by atoms with Crippen LogP contribution in [0.5, 0.6) is 0 Å². The Hall–Kier alpha value is -3.11. The molecule has 0 unspecified atom stereocenters. The SMILES string of the molecule is CCNC(=O)[C@H](C)N(Cc1cccc(Cl)c1)C(=O)CC(c1ccccc1)c1ccccc1. The van der Waals surface area contributed by atoms with Gasteiger partial charge in [0.1, 0.15) is 6.04 Å². The summed E-state index contributed by atoms with van der Waals surface area (Å²) in [4.78, 5) is 27.9. The molecule has 0 heterocycles. The van der Waals surface area contributed by atoms with Crippen LogP contribution in [0, 0.1) is 0 Å². The lowest BCUT2D eigenvalue weighted by Crippen LogP contribution is -2.47. The van der Waals surface area contributed by atoms with Gasteiger partial charge in [-0.2, -0.15) is 0 Å². The summed E-state index contributed by atoms with van der Waals surface area (Å²) >= 11 is 6.16. The van der Waals surface area contributed by atoms with E-state index in [4.69, 9.17) is 11.6 Å². The van der Waals surface area contributed by atoms with Crippen LogP contribution in [0.25, 0.3) is 0 Å². The highest BCUT2D eigenvalue weighted by Crippen LogP contribution is 2.29. The quantitative estimate of drug-likeness (QED) is 0.475. The summed E-state index contributed by atoms with van der Waals surface area (Å²) in [5, 5.41) is 3.44. The van der Waals surface area contributed by atoms with Crippen molar-refractivity contribution >= 4 is 23.4 Å². The molecule has 0 bridgehead atoms. The number of hydrogen-bond acceptors (Lipinski definition) is 2. The summed E-state index contributed by atoms with van der Waals surface area (Å²) in [5.41, 5.74) is 3.03. The van der Waals surface area contributed by atoms with Crippen molar-refractivity contribution in [2.24, 2.45) is 0 Å². The zero-order chi connectivity index (χ0) is 22.9. The number of hydrogen-bond donors (Lipinski definition) is 1. The molecule has 0 spiro atoms. The maximum absolute atomic E-state index is 13.7. The fraction of sp³-hybridized carbons (Fsp3) is 0.259. The van der Waals surface area contributed by atoms with Crippen molar-refractivity contribution < 1.29 is 9.59 Å². The minimum absolute atomic E-state index is 0.0820. The van der Waals surface area contributed by atoms with E-state index in [1.807, 2.05) is 85.8 Å². The van der Waals surface area contributed by atoms with Gasteiger partial charge in [-0.1, -0.05) is 84.4 Å². The van der Waals surface area contributed by atoms with Gasteiger partial charge in [0.15, 0.2) is 0 Å². The molecular weight excluding hydrogens is 420 g/mol. The molecule has 3 rings (SSSR count). The largest absolute Gasteiger partial charge is 0.355 e. The Bertz CT molecular complexity index is 985. The van der Waals surface area contributed by atoms with E-state index in [-0.39, 0.29) is 24.2 Å².